The Morgan fingerprint density at radius 1 is 1.53 bits per heavy atom. The van der Waals surface area contributed by atoms with Gasteiger partial charge in [0.25, 0.3) is 6.01 Å². The fourth-order valence-corrected chi connectivity index (χ4v) is 2.66. The number of oxazole rings is 1. The van der Waals surface area contributed by atoms with E-state index < -0.39 is 0 Å². The first-order valence-electron chi connectivity index (χ1n) is 7.59. The second-order valence-corrected chi connectivity index (χ2v) is 6.04. The van der Waals surface area contributed by atoms with Crippen molar-refractivity contribution in [2.45, 2.75) is 46.6 Å². The second kappa shape index (κ2) is 6.94. The van der Waals surface area contributed by atoms with E-state index in [1.54, 1.807) is 6.26 Å². The van der Waals surface area contributed by atoms with Gasteiger partial charge in [0.2, 0.25) is 0 Å². The maximum absolute atomic E-state index is 5.61. The molecule has 1 N–H and O–H groups in total. The van der Waals surface area contributed by atoms with Gasteiger partial charge < -0.3 is 14.6 Å². The van der Waals surface area contributed by atoms with Gasteiger partial charge in [0.1, 0.15) is 6.26 Å². The molecule has 1 aliphatic heterocycles. The summed E-state index contributed by atoms with van der Waals surface area (Å²) in [6.45, 7) is 10.7. The topological polar surface area (TPSA) is 41.3 Å². The summed E-state index contributed by atoms with van der Waals surface area (Å²) >= 11 is 0. The Labute approximate surface area is 116 Å². The van der Waals surface area contributed by atoms with Crippen molar-refractivity contribution in [3.05, 3.63) is 12.0 Å². The normalized spacial score (nSPS) is 19.6. The number of nitrogens with one attached hydrogen (secondary N) is 1. The molecule has 0 spiro atoms. The molecule has 0 radical (unpaired) electrons. The van der Waals surface area contributed by atoms with Crippen LogP contribution in [0.2, 0.25) is 0 Å². The van der Waals surface area contributed by atoms with Gasteiger partial charge in [0.15, 0.2) is 0 Å². The number of hydrogen-bond acceptors (Lipinski definition) is 4. The van der Waals surface area contributed by atoms with Crippen molar-refractivity contribution in [1.29, 1.82) is 0 Å². The Kier molecular flexibility index (Phi) is 5.25. The van der Waals surface area contributed by atoms with Gasteiger partial charge >= 0.3 is 0 Å². The molecule has 1 aromatic rings. The average molecular weight is 265 g/mol. The van der Waals surface area contributed by atoms with Crippen LogP contribution in [0.15, 0.2) is 10.7 Å². The van der Waals surface area contributed by atoms with Crippen LogP contribution in [0.5, 0.6) is 0 Å². The Morgan fingerprint density at radius 3 is 3.11 bits per heavy atom. The molecule has 1 saturated heterocycles. The molecule has 108 valence electrons. The van der Waals surface area contributed by atoms with Crippen molar-refractivity contribution in [2.24, 2.45) is 11.8 Å². The third kappa shape index (κ3) is 4.23. The Bertz CT molecular complexity index is 375. The van der Waals surface area contributed by atoms with Crippen LogP contribution in [0.4, 0.5) is 6.01 Å². The zero-order valence-electron chi connectivity index (χ0n) is 12.5. The molecule has 1 atom stereocenters. The summed E-state index contributed by atoms with van der Waals surface area (Å²) in [7, 11) is 0. The van der Waals surface area contributed by atoms with Gasteiger partial charge in [-0.1, -0.05) is 27.2 Å². The summed E-state index contributed by atoms with van der Waals surface area (Å²) in [5.41, 5.74) is 1.01. The number of anilines is 1. The highest BCUT2D eigenvalue weighted by Crippen LogP contribution is 2.25. The molecule has 1 aromatic heterocycles. The largest absolute Gasteiger partial charge is 0.432 e. The van der Waals surface area contributed by atoms with Crippen LogP contribution in [-0.4, -0.2) is 24.6 Å². The average Bonchev–Trinajstić information content (AvgIpc) is 2.98. The molecule has 0 aliphatic carbocycles. The second-order valence-electron chi connectivity index (χ2n) is 6.04. The summed E-state index contributed by atoms with van der Waals surface area (Å²) in [5, 5.41) is 3.39. The van der Waals surface area contributed by atoms with E-state index in [4.69, 9.17) is 4.42 Å². The summed E-state index contributed by atoms with van der Waals surface area (Å²) in [6.07, 6.45) is 5.65. The van der Waals surface area contributed by atoms with E-state index in [2.05, 4.69) is 36.0 Å². The number of nitrogens with zero attached hydrogens (tertiary/aromatic N) is 2. The highest BCUT2D eigenvalue weighted by atomic mass is 16.4. The molecule has 19 heavy (non-hydrogen) atoms. The lowest BCUT2D eigenvalue weighted by atomic mass is 10.0. The number of aromatic nitrogens is 1. The molecule has 0 bridgehead atoms. The van der Waals surface area contributed by atoms with Gasteiger partial charge in [-0.3, -0.25) is 0 Å². The zero-order chi connectivity index (χ0) is 13.7. The van der Waals surface area contributed by atoms with Crippen molar-refractivity contribution in [2.75, 3.05) is 24.5 Å². The molecule has 1 fully saturated rings. The van der Waals surface area contributed by atoms with Crippen LogP contribution in [0.1, 0.15) is 45.7 Å². The molecule has 4 heteroatoms. The molecule has 1 unspecified atom stereocenters. The van der Waals surface area contributed by atoms with Gasteiger partial charge in [0, 0.05) is 19.6 Å². The number of hydrogen-bond donors (Lipinski definition) is 1. The van der Waals surface area contributed by atoms with Gasteiger partial charge in [-0.2, -0.15) is 4.98 Å². The lowest BCUT2D eigenvalue weighted by Crippen LogP contribution is -2.21. The van der Waals surface area contributed by atoms with Crippen molar-refractivity contribution in [3.63, 3.8) is 0 Å². The van der Waals surface area contributed by atoms with Crippen molar-refractivity contribution >= 4 is 6.01 Å². The molecule has 0 saturated carbocycles. The molecule has 1 aliphatic rings. The fourth-order valence-electron chi connectivity index (χ4n) is 2.66. The van der Waals surface area contributed by atoms with Crippen molar-refractivity contribution < 1.29 is 4.42 Å². The van der Waals surface area contributed by atoms with E-state index in [0.717, 1.165) is 43.8 Å². The van der Waals surface area contributed by atoms with Crippen LogP contribution in [-0.2, 0) is 6.54 Å². The third-order valence-corrected chi connectivity index (χ3v) is 3.65. The van der Waals surface area contributed by atoms with Gasteiger partial charge in [-0.25, -0.2) is 0 Å². The SMILES string of the molecule is CCCC1CCN(c2nc(CNCC(C)C)co2)C1. The zero-order valence-corrected chi connectivity index (χ0v) is 12.5. The maximum atomic E-state index is 5.61. The van der Waals surface area contributed by atoms with E-state index in [-0.39, 0.29) is 0 Å². The quantitative estimate of drug-likeness (QED) is 0.822. The minimum atomic E-state index is 0.666. The molecule has 2 rings (SSSR count). The van der Waals surface area contributed by atoms with Crippen LogP contribution in [0, 0.1) is 11.8 Å². The molecule has 0 aromatic carbocycles. The molecular formula is C15H27N3O. The van der Waals surface area contributed by atoms with Crippen LogP contribution in [0.25, 0.3) is 0 Å². The summed E-state index contributed by atoms with van der Waals surface area (Å²) in [5.74, 6) is 1.49. The van der Waals surface area contributed by atoms with E-state index in [1.165, 1.54) is 19.3 Å². The van der Waals surface area contributed by atoms with Gasteiger partial charge in [-0.05, 0) is 31.2 Å². The van der Waals surface area contributed by atoms with E-state index in [9.17, 15) is 0 Å². The minimum absolute atomic E-state index is 0.666. The first-order valence-corrected chi connectivity index (χ1v) is 7.59. The molecule has 4 nitrogen and oxygen atoms in total. The van der Waals surface area contributed by atoms with Crippen LogP contribution >= 0.6 is 0 Å². The standard InChI is InChI=1S/C15H27N3O/c1-4-5-13-6-7-18(10-13)15-17-14(11-19-15)9-16-8-12(2)3/h11-13,16H,4-10H2,1-3H3. The monoisotopic (exact) mass is 265 g/mol. The molecular weight excluding hydrogens is 238 g/mol. The minimum Gasteiger partial charge on any atom is -0.432 e. The first-order chi connectivity index (χ1) is 9.19. The Hall–Kier alpha value is -1.03. The predicted molar refractivity (Wildman–Crippen MR) is 78.3 cm³/mol. The fraction of sp³-hybridized carbons (Fsp3) is 0.800. The molecule has 0 amide bonds. The number of rotatable bonds is 7. The first kappa shape index (κ1) is 14.4. The lowest BCUT2D eigenvalue weighted by Gasteiger charge is -2.13. The highest BCUT2D eigenvalue weighted by molar-refractivity contribution is 5.28. The smallest absolute Gasteiger partial charge is 0.297 e. The third-order valence-electron chi connectivity index (χ3n) is 3.65. The van der Waals surface area contributed by atoms with Crippen LogP contribution in [0.3, 0.4) is 0 Å². The summed E-state index contributed by atoms with van der Waals surface area (Å²) in [6, 6.07) is 0.806. The highest BCUT2D eigenvalue weighted by Gasteiger charge is 2.24. The van der Waals surface area contributed by atoms with Crippen LogP contribution < -0.4 is 10.2 Å². The van der Waals surface area contributed by atoms with E-state index >= 15 is 0 Å². The van der Waals surface area contributed by atoms with Gasteiger partial charge in [0.05, 0.1) is 5.69 Å². The van der Waals surface area contributed by atoms with Gasteiger partial charge in [-0.15, -0.1) is 0 Å². The summed E-state index contributed by atoms with van der Waals surface area (Å²) < 4.78 is 5.61. The lowest BCUT2D eigenvalue weighted by molar-refractivity contribution is 0.514. The molecule has 2 heterocycles. The van der Waals surface area contributed by atoms with E-state index in [0.29, 0.717) is 5.92 Å². The van der Waals surface area contributed by atoms with Crippen molar-refractivity contribution in [1.82, 2.24) is 10.3 Å². The predicted octanol–water partition coefficient (Wildman–Crippen LogP) is 3.05. The Balaban J connectivity index is 1.80. The van der Waals surface area contributed by atoms with Crippen molar-refractivity contribution in [3.8, 4) is 0 Å². The summed E-state index contributed by atoms with van der Waals surface area (Å²) in [4.78, 5) is 6.86. The Morgan fingerprint density at radius 2 is 2.37 bits per heavy atom. The maximum Gasteiger partial charge on any atom is 0.297 e. The van der Waals surface area contributed by atoms with E-state index in [1.807, 2.05) is 0 Å².